The highest BCUT2D eigenvalue weighted by Crippen LogP contribution is 2.47. The fourth-order valence-corrected chi connectivity index (χ4v) is 3.47. The number of nitrogens with one attached hydrogen (secondary N) is 1. The number of carbonyl (C=O) groups excluding carboxylic acids is 1. The zero-order valence-electron chi connectivity index (χ0n) is 17.0. The summed E-state index contributed by atoms with van der Waals surface area (Å²) in [5, 5.41) is 12.0. The molecule has 2 N–H and O–H groups in total. The van der Waals surface area contributed by atoms with E-state index in [9.17, 15) is 36.2 Å². The number of ether oxygens (including phenoxy) is 2. The first-order valence-electron chi connectivity index (χ1n) is 9.76. The number of benzene rings is 3. The molecule has 3 aromatic carbocycles. The van der Waals surface area contributed by atoms with E-state index in [2.05, 4.69) is 14.8 Å². The molecule has 0 aromatic heterocycles. The first kappa shape index (κ1) is 23.6. The molecule has 1 amide bonds. The van der Waals surface area contributed by atoms with Crippen molar-refractivity contribution in [3.63, 3.8) is 0 Å². The quantitative estimate of drug-likeness (QED) is 0.496. The maximum absolute atomic E-state index is 14.0. The molecule has 178 valence electrons. The van der Waals surface area contributed by atoms with Gasteiger partial charge in [0.2, 0.25) is 0 Å². The molecule has 1 aliphatic heterocycles. The highest BCUT2D eigenvalue weighted by atomic mass is 19.3. The number of aliphatic hydroxyl groups is 1. The van der Waals surface area contributed by atoms with Gasteiger partial charge >= 0.3 is 12.4 Å². The van der Waals surface area contributed by atoms with E-state index < -0.39 is 59.5 Å². The first-order valence-corrected chi connectivity index (χ1v) is 9.76. The van der Waals surface area contributed by atoms with Crippen LogP contribution in [0.1, 0.15) is 27.5 Å². The van der Waals surface area contributed by atoms with E-state index in [0.717, 1.165) is 30.3 Å². The molecule has 0 saturated heterocycles. The van der Waals surface area contributed by atoms with Gasteiger partial charge < -0.3 is 15.2 Å². The minimum absolute atomic E-state index is 0.223. The van der Waals surface area contributed by atoms with Crippen molar-refractivity contribution in [2.45, 2.75) is 18.4 Å². The summed E-state index contributed by atoms with van der Waals surface area (Å²) in [6.45, 7) is -0.602. The van der Waals surface area contributed by atoms with E-state index in [0.29, 0.717) is 11.1 Å². The van der Waals surface area contributed by atoms with Gasteiger partial charge in [0.05, 0.1) is 18.2 Å². The predicted octanol–water partition coefficient (Wildman–Crippen LogP) is 5.10. The summed E-state index contributed by atoms with van der Waals surface area (Å²) in [5.74, 6) is -3.95. The van der Waals surface area contributed by atoms with Crippen LogP contribution in [-0.4, -0.2) is 23.9 Å². The van der Waals surface area contributed by atoms with Crippen molar-refractivity contribution in [3.8, 4) is 16.9 Å². The molecule has 34 heavy (non-hydrogen) atoms. The Kier molecular flexibility index (Phi) is 6.00. The van der Waals surface area contributed by atoms with Crippen molar-refractivity contribution in [2.75, 3.05) is 6.61 Å². The van der Waals surface area contributed by atoms with Gasteiger partial charge in [0.1, 0.15) is 22.9 Å². The Morgan fingerprint density at radius 1 is 0.941 bits per heavy atom. The van der Waals surface area contributed by atoms with Crippen LogP contribution in [0.5, 0.6) is 5.75 Å². The lowest BCUT2D eigenvalue weighted by Gasteiger charge is -2.30. The van der Waals surface area contributed by atoms with Gasteiger partial charge in [-0.1, -0.05) is 36.4 Å². The zero-order valence-corrected chi connectivity index (χ0v) is 17.0. The molecule has 0 spiro atoms. The van der Waals surface area contributed by atoms with Gasteiger partial charge in [0.25, 0.3) is 5.91 Å². The molecule has 1 heterocycles. The fourth-order valence-electron chi connectivity index (χ4n) is 3.47. The van der Waals surface area contributed by atoms with Crippen molar-refractivity contribution in [2.24, 2.45) is 0 Å². The number of hydrogen-bond donors (Lipinski definition) is 2. The lowest BCUT2D eigenvalue weighted by Crippen LogP contribution is -2.41. The normalized spacial score (nSPS) is 16.8. The molecular formula is C23H15F6NO4. The van der Waals surface area contributed by atoms with E-state index in [1.54, 1.807) is 0 Å². The summed E-state index contributed by atoms with van der Waals surface area (Å²) in [6, 6.07) is 10.9. The smallest absolute Gasteiger partial charge is 0.409 e. The average Bonchev–Trinajstić information content (AvgIpc) is 2.76. The molecule has 5 nitrogen and oxygen atoms in total. The molecule has 0 radical (unpaired) electrons. The Hall–Kier alpha value is -3.57. The predicted molar refractivity (Wildman–Crippen MR) is 106 cm³/mol. The van der Waals surface area contributed by atoms with Crippen molar-refractivity contribution < 1.29 is 45.7 Å². The Morgan fingerprint density at radius 2 is 1.56 bits per heavy atom. The fraction of sp³-hybridized carbons (Fsp3) is 0.174. The average molecular weight is 483 g/mol. The summed E-state index contributed by atoms with van der Waals surface area (Å²) in [4.78, 5) is 12.3. The van der Waals surface area contributed by atoms with Crippen LogP contribution >= 0.6 is 0 Å². The lowest BCUT2D eigenvalue weighted by molar-refractivity contribution is -0.461. The second-order valence-corrected chi connectivity index (χ2v) is 7.32. The van der Waals surface area contributed by atoms with E-state index in [4.69, 9.17) is 0 Å². The van der Waals surface area contributed by atoms with Crippen LogP contribution in [0.15, 0.2) is 60.7 Å². The number of aliphatic hydroxyl groups excluding tert-OH is 1. The van der Waals surface area contributed by atoms with E-state index in [1.165, 1.54) is 30.3 Å². The highest BCUT2D eigenvalue weighted by Gasteiger charge is 2.54. The van der Waals surface area contributed by atoms with Gasteiger partial charge in [0, 0.05) is 0 Å². The Morgan fingerprint density at radius 3 is 2.18 bits per heavy atom. The summed E-state index contributed by atoms with van der Waals surface area (Å²) < 4.78 is 89.6. The van der Waals surface area contributed by atoms with Gasteiger partial charge in [-0.25, -0.2) is 13.5 Å². The number of rotatable bonds is 5. The van der Waals surface area contributed by atoms with Crippen LogP contribution in [0.2, 0.25) is 0 Å². The third-order valence-electron chi connectivity index (χ3n) is 5.09. The van der Waals surface area contributed by atoms with Crippen LogP contribution in [0.25, 0.3) is 11.1 Å². The number of hydrogen-bond acceptors (Lipinski definition) is 4. The number of carbonyl (C=O) groups is 1. The second kappa shape index (κ2) is 8.65. The van der Waals surface area contributed by atoms with Crippen molar-refractivity contribution in [1.29, 1.82) is 0 Å². The Balaban J connectivity index is 1.57. The lowest BCUT2D eigenvalue weighted by atomic mass is 9.98. The summed E-state index contributed by atoms with van der Waals surface area (Å²) in [7, 11) is 0. The largest absolute Gasteiger partial charge is 0.540 e. The monoisotopic (exact) mass is 483 g/mol. The molecule has 0 fully saturated rings. The molecule has 0 bridgehead atoms. The summed E-state index contributed by atoms with van der Waals surface area (Å²) in [5.41, 5.74) is -0.718. The molecule has 0 aliphatic carbocycles. The van der Waals surface area contributed by atoms with E-state index >= 15 is 0 Å². The number of fused-ring (bicyclic) bond motifs is 1. The van der Waals surface area contributed by atoms with Gasteiger partial charge in [-0.15, -0.1) is 8.78 Å². The van der Waals surface area contributed by atoms with Crippen LogP contribution in [0, 0.1) is 11.6 Å². The molecule has 1 aliphatic rings. The van der Waals surface area contributed by atoms with Gasteiger partial charge in [-0.05, 0) is 41.0 Å². The Bertz CT molecular complexity index is 1210. The van der Waals surface area contributed by atoms with Crippen LogP contribution in [-0.2, 0) is 10.8 Å². The van der Waals surface area contributed by atoms with Crippen molar-refractivity contribution in [3.05, 3.63) is 89.0 Å². The third-order valence-corrected chi connectivity index (χ3v) is 5.09. The zero-order chi connectivity index (χ0) is 24.7. The van der Waals surface area contributed by atoms with Crippen LogP contribution in [0.3, 0.4) is 0 Å². The van der Waals surface area contributed by atoms with Gasteiger partial charge in [-0.2, -0.15) is 8.78 Å². The van der Waals surface area contributed by atoms with Gasteiger partial charge in [-0.3, -0.25) is 4.79 Å². The maximum Gasteiger partial charge on any atom is 0.540 e. The van der Waals surface area contributed by atoms with Crippen molar-refractivity contribution in [1.82, 2.24) is 5.32 Å². The molecule has 3 aromatic rings. The van der Waals surface area contributed by atoms with Crippen LogP contribution in [0.4, 0.5) is 26.3 Å². The molecule has 11 heteroatoms. The highest BCUT2D eigenvalue weighted by molar-refractivity contribution is 5.95. The van der Waals surface area contributed by atoms with E-state index in [-0.39, 0.29) is 5.56 Å². The number of halogens is 6. The Labute approximate surface area is 188 Å². The standard InChI is InChI=1S/C23H15F6NO4/c24-16-2-1-3-17(25)20(16)21(32)30-18(11-31)13-6-4-12(5-7-13)14-8-9-19-15(10-14)22(26,27)34-23(28,29)33-19/h1-10,18,31H,11H2,(H,30,32). The van der Waals surface area contributed by atoms with Gasteiger partial charge in [0.15, 0.2) is 0 Å². The minimum atomic E-state index is -4.48. The number of amides is 1. The number of alkyl halides is 4. The first-order chi connectivity index (χ1) is 16.0. The molecule has 4 rings (SSSR count). The third kappa shape index (κ3) is 4.57. The molecule has 0 saturated carbocycles. The molecular weight excluding hydrogens is 468 g/mol. The SMILES string of the molecule is O=C(NC(CO)c1ccc(-c2ccc3c(c2)C(F)(F)OC(F)(F)O3)cc1)c1c(F)cccc1F. The minimum Gasteiger partial charge on any atom is -0.409 e. The van der Waals surface area contributed by atoms with Crippen molar-refractivity contribution >= 4 is 5.91 Å². The van der Waals surface area contributed by atoms with E-state index in [1.807, 2.05) is 0 Å². The van der Waals surface area contributed by atoms with Crippen LogP contribution < -0.4 is 10.1 Å². The molecule has 1 unspecified atom stereocenters. The topological polar surface area (TPSA) is 67.8 Å². The molecule has 1 atom stereocenters. The second-order valence-electron chi connectivity index (χ2n) is 7.32. The maximum atomic E-state index is 14.0. The summed E-state index contributed by atoms with van der Waals surface area (Å²) in [6.07, 6.45) is -8.77. The summed E-state index contributed by atoms with van der Waals surface area (Å²) >= 11 is 0.